The van der Waals surface area contributed by atoms with Crippen LogP contribution in [-0.4, -0.2) is 35.9 Å². The molecule has 0 aromatic heterocycles. The van der Waals surface area contributed by atoms with E-state index >= 15 is 0 Å². The van der Waals surface area contributed by atoms with Crippen LogP contribution in [0.15, 0.2) is 18.2 Å². The summed E-state index contributed by atoms with van der Waals surface area (Å²) in [5, 5.41) is 0. The molecule has 0 saturated carbocycles. The van der Waals surface area contributed by atoms with Crippen LogP contribution in [-0.2, 0) is 10.8 Å². The summed E-state index contributed by atoms with van der Waals surface area (Å²) in [7, 11) is 0.950. The van der Waals surface area contributed by atoms with Crippen LogP contribution in [0.1, 0.15) is 0 Å². The van der Waals surface area contributed by atoms with Gasteiger partial charge >= 0.3 is 0 Å². The number of ether oxygens (including phenoxy) is 1. The summed E-state index contributed by atoms with van der Waals surface area (Å²) in [6.07, 6.45) is 0. The van der Waals surface area contributed by atoms with Crippen molar-refractivity contribution in [1.29, 1.82) is 0 Å². The smallest absolute Gasteiger partial charge is 0.143 e. The fourth-order valence-corrected chi connectivity index (χ4v) is 2.92. The number of nitrogen functional groups attached to an aromatic ring is 1. The van der Waals surface area contributed by atoms with Gasteiger partial charge in [-0.05, 0) is 12.1 Å². The van der Waals surface area contributed by atoms with E-state index in [2.05, 4.69) is 4.90 Å². The van der Waals surface area contributed by atoms with Gasteiger partial charge in [-0.25, -0.2) is 0 Å². The largest absolute Gasteiger partial charge is 0.495 e. The third-order valence-corrected chi connectivity index (χ3v) is 4.06. The average molecular weight is 240 g/mol. The van der Waals surface area contributed by atoms with Gasteiger partial charge in [0.25, 0.3) is 0 Å². The molecule has 1 saturated heterocycles. The number of hydrogen-bond donors (Lipinski definition) is 1. The van der Waals surface area contributed by atoms with E-state index < -0.39 is 10.8 Å². The third-order valence-electron chi connectivity index (χ3n) is 2.78. The molecule has 0 bridgehead atoms. The lowest BCUT2D eigenvalue weighted by molar-refractivity contribution is 0.417. The zero-order chi connectivity index (χ0) is 11.5. The van der Waals surface area contributed by atoms with Crippen LogP contribution in [0.2, 0.25) is 0 Å². The van der Waals surface area contributed by atoms with Crippen molar-refractivity contribution in [3.63, 3.8) is 0 Å². The molecule has 1 aromatic carbocycles. The molecule has 0 radical (unpaired) electrons. The summed E-state index contributed by atoms with van der Waals surface area (Å²) in [6.45, 7) is 1.59. The lowest BCUT2D eigenvalue weighted by atomic mass is 10.2. The highest BCUT2D eigenvalue weighted by Gasteiger charge is 2.18. The quantitative estimate of drug-likeness (QED) is 0.779. The van der Waals surface area contributed by atoms with Crippen LogP contribution in [0.4, 0.5) is 11.4 Å². The molecule has 0 unspecified atom stereocenters. The normalized spacial score (nSPS) is 17.4. The van der Waals surface area contributed by atoms with Crippen LogP contribution < -0.4 is 15.4 Å². The van der Waals surface area contributed by atoms with Crippen LogP contribution in [0, 0.1) is 0 Å². The number of rotatable bonds is 2. The first-order chi connectivity index (χ1) is 7.72. The minimum atomic E-state index is -0.662. The third kappa shape index (κ3) is 2.14. The molecule has 1 heterocycles. The maximum atomic E-state index is 11.3. The number of benzene rings is 1. The number of para-hydroxylation sites is 1. The van der Waals surface area contributed by atoms with E-state index in [-0.39, 0.29) is 0 Å². The molecule has 0 spiro atoms. The molecule has 0 amide bonds. The predicted octanol–water partition coefficient (Wildman–Crippen LogP) is 0.846. The van der Waals surface area contributed by atoms with E-state index in [4.69, 9.17) is 10.5 Å². The Bertz CT molecular complexity index is 399. The van der Waals surface area contributed by atoms with Crippen molar-refractivity contribution in [2.24, 2.45) is 0 Å². The van der Waals surface area contributed by atoms with Crippen molar-refractivity contribution in [2.75, 3.05) is 42.3 Å². The monoisotopic (exact) mass is 240 g/mol. The number of hydrogen-bond acceptors (Lipinski definition) is 4. The van der Waals surface area contributed by atoms with Crippen molar-refractivity contribution in [2.45, 2.75) is 0 Å². The van der Waals surface area contributed by atoms with Gasteiger partial charge in [0.15, 0.2) is 0 Å². The van der Waals surface area contributed by atoms with Gasteiger partial charge in [-0.1, -0.05) is 6.07 Å². The second kappa shape index (κ2) is 4.74. The Morgan fingerprint density at radius 2 is 2.06 bits per heavy atom. The van der Waals surface area contributed by atoms with Gasteiger partial charge in [-0.2, -0.15) is 0 Å². The van der Waals surface area contributed by atoms with Crippen LogP contribution in [0.25, 0.3) is 0 Å². The van der Waals surface area contributed by atoms with Crippen molar-refractivity contribution in [3.05, 3.63) is 18.2 Å². The molecule has 4 nitrogen and oxygen atoms in total. The number of methoxy groups -OCH3 is 1. The van der Waals surface area contributed by atoms with Gasteiger partial charge in [-0.3, -0.25) is 4.21 Å². The molecular formula is C11H16N2O2S. The van der Waals surface area contributed by atoms with Crippen molar-refractivity contribution >= 4 is 22.2 Å². The summed E-state index contributed by atoms with van der Waals surface area (Å²) in [5.74, 6) is 2.14. The zero-order valence-corrected chi connectivity index (χ0v) is 10.1. The van der Waals surface area contributed by atoms with E-state index in [1.807, 2.05) is 18.2 Å². The van der Waals surface area contributed by atoms with E-state index in [1.54, 1.807) is 7.11 Å². The van der Waals surface area contributed by atoms with E-state index in [9.17, 15) is 4.21 Å². The van der Waals surface area contributed by atoms with Crippen LogP contribution in [0.5, 0.6) is 5.75 Å². The van der Waals surface area contributed by atoms with Crippen molar-refractivity contribution in [1.82, 2.24) is 0 Å². The Morgan fingerprint density at radius 3 is 2.69 bits per heavy atom. The molecule has 2 N–H and O–H groups in total. The summed E-state index contributed by atoms with van der Waals surface area (Å²) < 4.78 is 16.5. The lowest BCUT2D eigenvalue weighted by Gasteiger charge is -2.29. The Kier molecular flexibility index (Phi) is 3.33. The highest BCUT2D eigenvalue weighted by atomic mass is 32.2. The molecule has 1 aliphatic heterocycles. The van der Waals surface area contributed by atoms with Gasteiger partial charge in [0.2, 0.25) is 0 Å². The number of anilines is 2. The van der Waals surface area contributed by atoms with Gasteiger partial charge in [0.05, 0.1) is 18.5 Å². The van der Waals surface area contributed by atoms with E-state index in [0.29, 0.717) is 11.4 Å². The molecule has 0 atom stereocenters. The molecule has 88 valence electrons. The van der Waals surface area contributed by atoms with Crippen LogP contribution >= 0.6 is 0 Å². The maximum absolute atomic E-state index is 11.3. The zero-order valence-electron chi connectivity index (χ0n) is 9.31. The SMILES string of the molecule is COc1cccc(N2CCS(=O)CC2)c1N. The Hall–Kier alpha value is -1.23. The predicted molar refractivity (Wildman–Crippen MR) is 67.5 cm³/mol. The summed E-state index contributed by atoms with van der Waals surface area (Å²) in [6, 6.07) is 5.75. The molecule has 5 heteroatoms. The molecule has 1 aromatic rings. The second-order valence-electron chi connectivity index (χ2n) is 3.73. The first-order valence-corrected chi connectivity index (χ1v) is 6.73. The average Bonchev–Trinajstić information content (AvgIpc) is 2.31. The summed E-state index contributed by atoms with van der Waals surface area (Å²) >= 11 is 0. The summed E-state index contributed by atoms with van der Waals surface area (Å²) in [4.78, 5) is 2.17. The van der Waals surface area contributed by atoms with Gasteiger partial charge < -0.3 is 15.4 Å². The minimum absolute atomic E-state index is 0.662. The van der Waals surface area contributed by atoms with Gasteiger partial charge in [0.1, 0.15) is 5.75 Å². The fraction of sp³-hybridized carbons (Fsp3) is 0.455. The topological polar surface area (TPSA) is 55.6 Å². The van der Waals surface area contributed by atoms with Crippen molar-refractivity contribution < 1.29 is 8.95 Å². The van der Waals surface area contributed by atoms with Crippen molar-refractivity contribution in [3.8, 4) is 5.75 Å². The van der Waals surface area contributed by atoms with E-state index in [1.165, 1.54) is 0 Å². The second-order valence-corrected chi connectivity index (χ2v) is 5.42. The molecule has 0 aliphatic carbocycles. The lowest BCUT2D eigenvalue weighted by Crippen LogP contribution is -2.38. The van der Waals surface area contributed by atoms with Crippen LogP contribution in [0.3, 0.4) is 0 Å². The number of nitrogens with zero attached hydrogens (tertiary/aromatic N) is 1. The minimum Gasteiger partial charge on any atom is -0.495 e. The highest BCUT2D eigenvalue weighted by Crippen LogP contribution is 2.32. The first kappa shape index (κ1) is 11.3. The number of nitrogens with two attached hydrogens (primary N) is 1. The molecule has 2 rings (SSSR count). The summed E-state index contributed by atoms with van der Waals surface area (Å²) in [5.41, 5.74) is 7.66. The fourth-order valence-electron chi connectivity index (χ4n) is 1.86. The molecule has 16 heavy (non-hydrogen) atoms. The van der Waals surface area contributed by atoms with Gasteiger partial charge in [-0.15, -0.1) is 0 Å². The Labute approximate surface area is 97.8 Å². The first-order valence-electron chi connectivity index (χ1n) is 5.25. The molecular weight excluding hydrogens is 224 g/mol. The Balaban J connectivity index is 2.23. The standard InChI is InChI=1S/C11H16N2O2S/c1-15-10-4-2-3-9(11(10)12)13-5-7-16(14)8-6-13/h2-4H,5-8,12H2,1H3. The highest BCUT2D eigenvalue weighted by molar-refractivity contribution is 7.85. The Morgan fingerprint density at radius 1 is 1.38 bits per heavy atom. The maximum Gasteiger partial charge on any atom is 0.143 e. The van der Waals surface area contributed by atoms with E-state index in [0.717, 1.165) is 30.3 Å². The molecule has 1 fully saturated rings. The molecule has 1 aliphatic rings. The van der Waals surface area contributed by atoms with Gasteiger partial charge in [0, 0.05) is 35.4 Å².